The second-order valence-corrected chi connectivity index (χ2v) is 7.36. The van der Waals surface area contributed by atoms with Crippen LogP contribution in [0.2, 0.25) is 0 Å². The lowest BCUT2D eigenvalue weighted by Crippen LogP contribution is -2.36. The molecular formula is C12H16BrIN4S2. The smallest absolute Gasteiger partial charge is 0.191 e. The summed E-state index contributed by atoms with van der Waals surface area (Å²) in [6.45, 7) is 3.47. The summed E-state index contributed by atoms with van der Waals surface area (Å²) in [5.74, 6) is 0.789. The van der Waals surface area contributed by atoms with Gasteiger partial charge in [0.25, 0.3) is 0 Å². The van der Waals surface area contributed by atoms with Crippen LogP contribution in [-0.4, -0.2) is 18.0 Å². The molecule has 0 aliphatic rings. The molecule has 20 heavy (non-hydrogen) atoms. The van der Waals surface area contributed by atoms with Gasteiger partial charge in [-0.25, -0.2) is 4.98 Å². The predicted molar refractivity (Wildman–Crippen MR) is 101 cm³/mol. The number of thiazole rings is 1. The molecule has 2 aromatic heterocycles. The van der Waals surface area contributed by atoms with E-state index in [0.29, 0.717) is 6.54 Å². The normalized spacial score (nSPS) is 11.1. The summed E-state index contributed by atoms with van der Waals surface area (Å²) in [5, 5.41) is 9.66. The number of nitrogens with one attached hydrogen (secondary N) is 2. The molecule has 0 aromatic carbocycles. The minimum atomic E-state index is 0. The lowest BCUT2D eigenvalue weighted by Gasteiger charge is -2.09. The van der Waals surface area contributed by atoms with Crippen molar-refractivity contribution in [3.8, 4) is 0 Å². The van der Waals surface area contributed by atoms with Gasteiger partial charge in [0.05, 0.1) is 16.9 Å². The molecule has 0 fully saturated rings. The Morgan fingerprint density at radius 2 is 2.10 bits per heavy atom. The highest BCUT2D eigenvalue weighted by molar-refractivity contribution is 14.0. The lowest BCUT2D eigenvalue weighted by molar-refractivity contribution is 0.809. The summed E-state index contributed by atoms with van der Waals surface area (Å²) in [5.41, 5.74) is 1.06. The maximum absolute atomic E-state index is 4.41. The molecule has 0 unspecified atom stereocenters. The molecule has 4 nitrogen and oxygen atoms in total. The monoisotopic (exact) mass is 486 g/mol. The van der Waals surface area contributed by atoms with E-state index in [0.717, 1.165) is 27.0 Å². The molecule has 0 atom stereocenters. The highest BCUT2D eigenvalue weighted by Gasteiger charge is 2.02. The van der Waals surface area contributed by atoms with E-state index >= 15 is 0 Å². The minimum absolute atomic E-state index is 0. The van der Waals surface area contributed by atoms with Crippen molar-refractivity contribution >= 4 is 68.5 Å². The van der Waals surface area contributed by atoms with Crippen LogP contribution in [0.4, 0.5) is 0 Å². The van der Waals surface area contributed by atoms with Crippen LogP contribution in [0.3, 0.4) is 0 Å². The molecular weight excluding hydrogens is 471 g/mol. The van der Waals surface area contributed by atoms with Crippen molar-refractivity contribution in [1.82, 2.24) is 15.6 Å². The first-order chi connectivity index (χ1) is 9.17. The van der Waals surface area contributed by atoms with Crippen molar-refractivity contribution in [3.63, 3.8) is 0 Å². The quantitative estimate of drug-likeness (QED) is 0.393. The van der Waals surface area contributed by atoms with Gasteiger partial charge in [-0.2, -0.15) is 0 Å². The predicted octanol–water partition coefficient (Wildman–Crippen LogP) is 3.76. The molecule has 8 heteroatoms. The fraction of sp³-hybridized carbons (Fsp3) is 0.333. The van der Waals surface area contributed by atoms with Crippen LogP contribution in [0, 0.1) is 6.92 Å². The lowest BCUT2D eigenvalue weighted by atomic mass is 10.5. The van der Waals surface area contributed by atoms with Crippen LogP contribution in [0.15, 0.2) is 26.3 Å². The van der Waals surface area contributed by atoms with E-state index in [1.807, 2.05) is 6.92 Å². The molecule has 0 radical (unpaired) electrons. The van der Waals surface area contributed by atoms with Gasteiger partial charge in [0, 0.05) is 23.0 Å². The van der Waals surface area contributed by atoms with Gasteiger partial charge in [-0.1, -0.05) is 0 Å². The van der Waals surface area contributed by atoms with E-state index in [9.17, 15) is 0 Å². The van der Waals surface area contributed by atoms with Crippen LogP contribution in [0.25, 0.3) is 0 Å². The van der Waals surface area contributed by atoms with Gasteiger partial charge in [0.15, 0.2) is 5.96 Å². The molecule has 2 N–H and O–H groups in total. The molecule has 2 heterocycles. The summed E-state index contributed by atoms with van der Waals surface area (Å²) < 4.78 is 1.14. The standard InChI is InChI=1S/C12H15BrN4S2.HI/c1-8-7-18-11(17-8)6-16-12(14-2)15-5-9-3-4-10(13)19-9;/h3-4,7H,5-6H2,1-2H3,(H2,14,15,16);1H. The van der Waals surface area contributed by atoms with E-state index in [2.05, 4.69) is 54.1 Å². The fourth-order valence-electron chi connectivity index (χ4n) is 1.48. The van der Waals surface area contributed by atoms with Crippen molar-refractivity contribution in [1.29, 1.82) is 0 Å². The van der Waals surface area contributed by atoms with Gasteiger partial charge < -0.3 is 10.6 Å². The number of rotatable bonds is 4. The van der Waals surface area contributed by atoms with Gasteiger partial charge in [0.1, 0.15) is 5.01 Å². The Morgan fingerprint density at radius 3 is 2.65 bits per heavy atom. The molecule has 0 amide bonds. The zero-order valence-corrected chi connectivity index (χ0v) is 16.7. The Kier molecular flexibility index (Phi) is 8.00. The Balaban J connectivity index is 0.00000200. The topological polar surface area (TPSA) is 49.3 Å². The number of guanidine groups is 1. The van der Waals surface area contributed by atoms with Crippen LogP contribution >= 0.6 is 62.6 Å². The molecule has 0 aliphatic heterocycles. The molecule has 2 rings (SSSR count). The van der Waals surface area contributed by atoms with Crippen LogP contribution < -0.4 is 10.6 Å². The fourth-order valence-corrected chi connectivity index (χ4v) is 3.62. The molecule has 0 saturated carbocycles. The van der Waals surface area contributed by atoms with Gasteiger partial charge in [-0.3, -0.25) is 4.99 Å². The molecule has 0 saturated heterocycles. The van der Waals surface area contributed by atoms with Crippen molar-refractivity contribution < 1.29 is 0 Å². The van der Waals surface area contributed by atoms with Gasteiger partial charge in [-0.15, -0.1) is 46.7 Å². The van der Waals surface area contributed by atoms with Crippen LogP contribution in [0.1, 0.15) is 15.6 Å². The average Bonchev–Trinajstić information content (AvgIpc) is 2.99. The van der Waals surface area contributed by atoms with Gasteiger partial charge >= 0.3 is 0 Å². The summed E-state index contributed by atoms with van der Waals surface area (Å²) in [4.78, 5) is 9.87. The number of halogens is 2. The van der Waals surface area contributed by atoms with E-state index in [1.165, 1.54) is 4.88 Å². The summed E-state index contributed by atoms with van der Waals surface area (Å²) in [6, 6.07) is 4.15. The number of aliphatic imine (C=N–C) groups is 1. The highest BCUT2D eigenvalue weighted by Crippen LogP contribution is 2.21. The highest BCUT2D eigenvalue weighted by atomic mass is 127. The van der Waals surface area contributed by atoms with E-state index in [-0.39, 0.29) is 24.0 Å². The number of hydrogen-bond acceptors (Lipinski definition) is 4. The van der Waals surface area contributed by atoms with Crippen LogP contribution in [-0.2, 0) is 13.1 Å². The molecule has 0 spiro atoms. The molecule has 2 aromatic rings. The zero-order valence-electron chi connectivity index (χ0n) is 11.1. The molecule has 110 valence electrons. The van der Waals surface area contributed by atoms with Gasteiger partial charge in [0.2, 0.25) is 0 Å². The van der Waals surface area contributed by atoms with Gasteiger partial charge in [-0.05, 0) is 35.0 Å². The average molecular weight is 487 g/mol. The van der Waals surface area contributed by atoms with Crippen molar-refractivity contribution in [2.24, 2.45) is 4.99 Å². The third-order valence-corrected chi connectivity index (χ3v) is 4.95. The Morgan fingerprint density at radius 1 is 1.35 bits per heavy atom. The first kappa shape index (κ1) is 17.9. The SMILES string of the molecule is CN=C(NCc1ccc(Br)s1)NCc1nc(C)cs1.I. The Labute approximate surface area is 152 Å². The largest absolute Gasteiger partial charge is 0.352 e. The van der Waals surface area contributed by atoms with E-state index in [4.69, 9.17) is 0 Å². The summed E-state index contributed by atoms with van der Waals surface area (Å²) >= 11 is 6.84. The molecule has 0 bridgehead atoms. The zero-order chi connectivity index (χ0) is 13.7. The Hall–Kier alpha value is -0.190. The maximum atomic E-state index is 4.41. The Bertz CT molecular complexity index is 521. The second kappa shape index (κ2) is 8.96. The van der Waals surface area contributed by atoms with Crippen molar-refractivity contribution in [2.75, 3.05) is 7.05 Å². The van der Waals surface area contributed by atoms with E-state index < -0.39 is 0 Å². The first-order valence-electron chi connectivity index (χ1n) is 5.77. The van der Waals surface area contributed by atoms with Crippen molar-refractivity contribution in [2.45, 2.75) is 20.0 Å². The third-order valence-electron chi connectivity index (χ3n) is 2.36. The van der Waals surface area contributed by atoms with E-state index in [1.54, 1.807) is 29.7 Å². The number of aryl methyl sites for hydroxylation is 1. The maximum Gasteiger partial charge on any atom is 0.191 e. The number of hydrogen-bond donors (Lipinski definition) is 2. The summed E-state index contributed by atoms with van der Waals surface area (Å²) in [7, 11) is 1.77. The second-order valence-electron chi connectivity index (χ2n) is 3.87. The number of aromatic nitrogens is 1. The minimum Gasteiger partial charge on any atom is -0.352 e. The molecule has 0 aliphatic carbocycles. The van der Waals surface area contributed by atoms with Crippen LogP contribution in [0.5, 0.6) is 0 Å². The number of thiophene rings is 1. The summed E-state index contributed by atoms with van der Waals surface area (Å²) in [6.07, 6.45) is 0. The first-order valence-corrected chi connectivity index (χ1v) is 8.26. The van der Waals surface area contributed by atoms with Crippen molar-refractivity contribution in [3.05, 3.63) is 36.9 Å². The third kappa shape index (κ3) is 5.66. The number of nitrogens with zero attached hydrogens (tertiary/aromatic N) is 2.